The third kappa shape index (κ3) is 3.58. The average Bonchev–Trinajstić information content (AvgIpc) is 2.45. The molecule has 0 N–H and O–H groups in total. The third-order valence-electron chi connectivity index (χ3n) is 2.97. The second-order valence-electron chi connectivity index (χ2n) is 4.79. The van der Waals surface area contributed by atoms with Crippen LogP contribution in [0.15, 0.2) is 48.5 Å². The minimum absolute atomic E-state index is 0.214. The van der Waals surface area contributed by atoms with E-state index in [0.717, 1.165) is 0 Å². The van der Waals surface area contributed by atoms with E-state index in [2.05, 4.69) is 4.74 Å². The fourth-order valence-electron chi connectivity index (χ4n) is 2.05. The summed E-state index contributed by atoms with van der Waals surface area (Å²) in [5.41, 5.74) is 0.914. The Morgan fingerprint density at radius 1 is 0.955 bits per heavy atom. The van der Waals surface area contributed by atoms with Crippen LogP contribution in [0, 0.1) is 0 Å². The zero-order valence-corrected chi connectivity index (χ0v) is 12.0. The summed E-state index contributed by atoms with van der Waals surface area (Å²) in [5, 5.41) is 0. The van der Waals surface area contributed by atoms with Crippen LogP contribution < -0.4 is 4.74 Å². The molecule has 0 aliphatic carbocycles. The van der Waals surface area contributed by atoms with Gasteiger partial charge in [-0.05, 0) is 17.7 Å². The third-order valence-corrected chi connectivity index (χ3v) is 2.97. The van der Waals surface area contributed by atoms with E-state index < -0.39 is 6.36 Å². The fraction of sp³-hybridized carbons (Fsp3) is 0.188. The number of carbonyl (C=O) groups excluding carboxylic acids is 1. The lowest BCUT2D eigenvalue weighted by atomic mass is 9.98. The van der Waals surface area contributed by atoms with E-state index >= 15 is 0 Å². The molecule has 1 amide bonds. The second kappa shape index (κ2) is 6.09. The Hall–Kier alpha value is -2.50. The van der Waals surface area contributed by atoms with Gasteiger partial charge in [0.15, 0.2) is 0 Å². The molecule has 0 fully saturated rings. The molecule has 3 nitrogen and oxygen atoms in total. The highest BCUT2D eigenvalue weighted by Gasteiger charge is 2.32. The van der Waals surface area contributed by atoms with E-state index in [1.807, 2.05) is 0 Å². The van der Waals surface area contributed by atoms with Crippen molar-refractivity contribution in [2.45, 2.75) is 6.36 Å². The predicted molar refractivity (Wildman–Crippen MR) is 76.6 cm³/mol. The molecule has 0 aliphatic rings. The molecule has 2 aromatic carbocycles. The van der Waals surface area contributed by atoms with Crippen molar-refractivity contribution in [1.29, 1.82) is 0 Å². The van der Waals surface area contributed by atoms with Gasteiger partial charge in [-0.2, -0.15) is 0 Å². The first-order chi connectivity index (χ1) is 10.3. The van der Waals surface area contributed by atoms with Crippen molar-refractivity contribution >= 4 is 5.91 Å². The normalized spacial score (nSPS) is 11.1. The first-order valence-electron chi connectivity index (χ1n) is 6.45. The molecule has 0 heterocycles. The molecule has 6 heteroatoms. The number of amides is 1. The number of ether oxygens (including phenoxy) is 1. The van der Waals surface area contributed by atoms with Crippen molar-refractivity contribution < 1.29 is 22.7 Å². The largest absolute Gasteiger partial charge is 0.573 e. The SMILES string of the molecule is CN(C)C(=O)c1ccccc1-c1ccccc1OC(F)(F)F. The summed E-state index contributed by atoms with van der Waals surface area (Å²) in [6.07, 6.45) is -4.80. The zero-order valence-electron chi connectivity index (χ0n) is 12.0. The maximum atomic E-state index is 12.5. The van der Waals surface area contributed by atoms with Crippen molar-refractivity contribution in [2.24, 2.45) is 0 Å². The number of halogens is 3. The highest BCUT2D eigenvalue weighted by atomic mass is 19.4. The Bertz CT molecular complexity index is 681. The summed E-state index contributed by atoms with van der Waals surface area (Å²) >= 11 is 0. The summed E-state index contributed by atoms with van der Waals surface area (Å²) < 4.78 is 41.6. The first-order valence-corrected chi connectivity index (χ1v) is 6.45. The van der Waals surface area contributed by atoms with E-state index in [4.69, 9.17) is 0 Å². The summed E-state index contributed by atoms with van der Waals surface area (Å²) in [5.74, 6) is -0.633. The Kier molecular flexibility index (Phi) is 4.40. The van der Waals surface area contributed by atoms with Crippen LogP contribution in [0.1, 0.15) is 10.4 Å². The molecular formula is C16H14F3NO2. The smallest absolute Gasteiger partial charge is 0.405 e. The quantitative estimate of drug-likeness (QED) is 0.859. The number of rotatable bonds is 3. The molecule has 0 radical (unpaired) electrons. The molecule has 0 aliphatic heterocycles. The van der Waals surface area contributed by atoms with E-state index in [-0.39, 0.29) is 17.2 Å². The number of nitrogens with zero attached hydrogens (tertiary/aromatic N) is 1. The highest BCUT2D eigenvalue weighted by Crippen LogP contribution is 2.35. The molecule has 0 saturated carbocycles. The summed E-state index contributed by atoms with van der Waals surface area (Å²) in [7, 11) is 3.16. The number of para-hydroxylation sites is 1. The minimum atomic E-state index is -4.80. The van der Waals surface area contributed by atoms with Crippen LogP contribution in [-0.2, 0) is 0 Å². The topological polar surface area (TPSA) is 29.5 Å². The van der Waals surface area contributed by atoms with E-state index in [1.54, 1.807) is 44.4 Å². The summed E-state index contributed by atoms with van der Waals surface area (Å²) in [6, 6.07) is 12.2. The number of benzene rings is 2. The number of alkyl halides is 3. The van der Waals surface area contributed by atoms with Gasteiger partial charge in [0.25, 0.3) is 5.91 Å². The van der Waals surface area contributed by atoms with Crippen LogP contribution >= 0.6 is 0 Å². The summed E-state index contributed by atoms with van der Waals surface area (Å²) in [4.78, 5) is 13.6. The van der Waals surface area contributed by atoms with Crippen LogP contribution in [0.2, 0.25) is 0 Å². The van der Waals surface area contributed by atoms with E-state index in [0.29, 0.717) is 11.1 Å². The van der Waals surface area contributed by atoms with Crippen molar-refractivity contribution in [2.75, 3.05) is 14.1 Å². The van der Waals surface area contributed by atoms with Crippen LogP contribution in [0.4, 0.5) is 13.2 Å². The molecule has 0 spiro atoms. The second-order valence-corrected chi connectivity index (χ2v) is 4.79. The van der Waals surface area contributed by atoms with Gasteiger partial charge in [0.1, 0.15) is 5.75 Å². The van der Waals surface area contributed by atoms with Crippen molar-refractivity contribution in [3.05, 3.63) is 54.1 Å². The Balaban J connectivity index is 2.56. The monoisotopic (exact) mass is 309 g/mol. The maximum absolute atomic E-state index is 12.5. The van der Waals surface area contributed by atoms with Gasteiger partial charge in [0.2, 0.25) is 0 Å². The molecule has 0 atom stereocenters. The van der Waals surface area contributed by atoms with Gasteiger partial charge >= 0.3 is 6.36 Å². The van der Waals surface area contributed by atoms with Crippen molar-refractivity contribution in [3.63, 3.8) is 0 Å². The van der Waals surface area contributed by atoms with E-state index in [1.165, 1.54) is 23.1 Å². The summed E-state index contributed by atoms with van der Waals surface area (Å²) in [6.45, 7) is 0. The number of hydrogen-bond donors (Lipinski definition) is 0. The van der Waals surface area contributed by atoms with Gasteiger partial charge in [0.05, 0.1) is 0 Å². The van der Waals surface area contributed by atoms with Crippen molar-refractivity contribution in [3.8, 4) is 16.9 Å². The Labute approximate surface area is 125 Å². The molecule has 0 aromatic heterocycles. The zero-order chi connectivity index (χ0) is 16.3. The minimum Gasteiger partial charge on any atom is -0.405 e. The van der Waals surface area contributed by atoms with Gasteiger partial charge < -0.3 is 9.64 Å². The van der Waals surface area contributed by atoms with Gasteiger partial charge in [-0.15, -0.1) is 13.2 Å². The Morgan fingerprint density at radius 2 is 1.50 bits per heavy atom. The molecule has 2 aromatic rings. The van der Waals surface area contributed by atoms with E-state index in [9.17, 15) is 18.0 Å². The molecule has 0 bridgehead atoms. The van der Waals surface area contributed by atoms with Crippen LogP contribution in [0.5, 0.6) is 5.75 Å². The van der Waals surface area contributed by atoms with Gasteiger partial charge in [0, 0.05) is 25.2 Å². The fourth-order valence-corrected chi connectivity index (χ4v) is 2.05. The molecule has 0 unspecified atom stereocenters. The molecule has 22 heavy (non-hydrogen) atoms. The van der Waals surface area contributed by atoms with Gasteiger partial charge in [-0.25, -0.2) is 0 Å². The number of hydrogen-bond acceptors (Lipinski definition) is 2. The lowest BCUT2D eigenvalue weighted by Gasteiger charge is -2.17. The van der Waals surface area contributed by atoms with Gasteiger partial charge in [-0.1, -0.05) is 36.4 Å². The average molecular weight is 309 g/mol. The molecule has 116 valence electrons. The lowest BCUT2D eigenvalue weighted by Crippen LogP contribution is -2.22. The highest BCUT2D eigenvalue weighted by molar-refractivity contribution is 6.01. The first kappa shape index (κ1) is 15.9. The van der Waals surface area contributed by atoms with Crippen molar-refractivity contribution in [1.82, 2.24) is 4.90 Å². The lowest BCUT2D eigenvalue weighted by molar-refractivity contribution is -0.274. The predicted octanol–water partition coefficient (Wildman–Crippen LogP) is 3.95. The van der Waals surface area contributed by atoms with Crippen LogP contribution in [0.25, 0.3) is 11.1 Å². The van der Waals surface area contributed by atoms with Crippen LogP contribution in [-0.4, -0.2) is 31.3 Å². The molecule has 0 saturated heterocycles. The van der Waals surface area contributed by atoms with Crippen LogP contribution in [0.3, 0.4) is 0 Å². The van der Waals surface area contributed by atoms with Gasteiger partial charge in [-0.3, -0.25) is 4.79 Å². The standard InChI is InChI=1S/C16H14F3NO2/c1-20(2)15(21)13-9-4-3-7-11(13)12-8-5-6-10-14(12)22-16(17,18)19/h3-10H,1-2H3. The molecular weight excluding hydrogens is 295 g/mol. The molecule has 2 rings (SSSR count). The Morgan fingerprint density at radius 3 is 2.09 bits per heavy atom. The number of carbonyl (C=O) groups is 1. The maximum Gasteiger partial charge on any atom is 0.573 e.